The number of benzene rings is 9. The molecular weight excluding hydrogens is 705 g/mol. The highest BCUT2D eigenvalue weighted by atomic mass is 16.3. The summed E-state index contributed by atoms with van der Waals surface area (Å²) in [7, 11) is 0. The van der Waals surface area contributed by atoms with Crippen LogP contribution >= 0.6 is 0 Å². The molecule has 0 amide bonds. The van der Waals surface area contributed by atoms with E-state index in [4.69, 9.17) is 14.4 Å². The molecule has 1 aliphatic rings. The van der Waals surface area contributed by atoms with Crippen LogP contribution in [0.25, 0.3) is 110 Å². The molecule has 0 spiro atoms. The van der Waals surface area contributed by atoms with Crippen molar-refractivity contribution in [3.05, 3.63) is 193 Å². The molecule has 58 heavy (non-hydrogen) atoms. The quantitative estimate of drug-likeness (QED) is 0.180. The van der Waals surface area contributed by atoms with Crippen LogP contribution < -0.4 is 0 Å². The maximum Gasteiger partial charge on any atom is 0.160 e. The second kappa shape index (κ2) is 12.3. The van der Waals surface area contributed by atoms with Crippen molar-refractivity contribution in [1.82, 2.24) is 9.97 Å². The van der Waals surface area contributed by atoms with Gasteiger partial charge in [-0.3, -0.25) is 0 Å². The van der Waals surface area contributed by atoms with Crippen LogP contribution in [0.5, 0.6) is 0 Å². The summed E-state index contributed by atoms with van der Waals surface area (Å²) >= 11 is 0. The first-order valence-electron chi connectivity index (χ1n) is 20.0. The molecule has 0 atom stereocenters. The van der Waals surface area contributed by atoms with Crippen molar-refractivity contribution in [3.8, 4) is 56.2 Å². The van der Waals surface area contributed by atoms with Crippen LogP contribution in [-0.4, -0.2) is 9.97 Å². The van der Waals surface area contributed by atoms with Crippen LogP contribution in [0.2, 0.25) is 0 Å². The fourth-order valence-corrected chi connectivity index (χ4v) is 9.62. The maximum absolute atomic E-state index is 6.51. The Balaban J connectivity index is 1.08. The van der Waals surface area contributed by atoms with E-state index in [-0.39, 0.29) is 5.41 Å². The molecule has 0 radical (unpaired) electrons. The Morgan fingerprint density at radius 1 is 0.397 bits per heavy atom. The van der Waals surface area contributed by atoms with Gasteiger partial charge in [0, 0.05) is 32.9 Å². The highest BCUT2D eigenvalue weighted by molar-refractivity contribution is 6.16. The minimum atomic E-state index is -0.123. The zero-order chi connectivity index (χ0) is 38.5. The highest BCUT2D eigenvalue weighted by Gasteiger charge is 2.37. The molecule has 12 rings (SSSR count). The standard InChI is InChI=1S/C55H36N2O/c1-55(2)46-24-12-22-42(52(46)44-28-34-16-6-8-18-36(34)30-47(44)55)40-26-27-41(39-21-11-10-20-38(39)40)48-32-49(57-54(56-48)33-14-4-3-5-15-33)43-23-13-25-50-53(43)45-29-35-17-7-9-19-37(35)31-51(45)58-50/h3-32H,1-2H3. The van der Waals surface area contributed by atoms with Crippen LogP contribution in [0.4, 0.5) is 0 Å². The van der Waals surface area contributed by atoms with Gasteiger partial charge >= 0.3 is 0 Å². The molecule has 2 heterocycles. The SMILES string of the molecule is CC1(C)c2cc3ccccc3cc2-c2c(-c3ccc(-c4cc(-c5cccc6oc7cc8ccccc8cc7c56)nc(-c5ccccc5)n4)c4ccccc34)cccc21. The van der Waals surface area contributed by atoms with Gasteiger partial charge in [0.25, 0.3) is 0 Å². The van der Waals surface area contributed by atoms with Crippen molar-refractivity contribution in [1.29, 1.82) is 0 Å². The fraction of sp³-hybridized carbons (Fsp3) is 0.0545. The summed E-state index contributed by atoms with van der Waals surface area (Å²) in [4.78, 5) is 10.6. The second-order valence-electron chi connectivity index (χ2n) is 16.1. The van der Waals surface area contributed by atoms with Crippen LogP contribution in [0, 0.1) is 0 Å². The zero-order valence-electron chi connectivity index (χ0n) is 32.1. The number of hydrogen-bond acceptors (Lipinski definition) is 3. The van der Waals surface area contributed by atoms with E-state index in [0.29, 0.717) is 5.82 Å². The van der Waals surface area contributed by atoms with Crippen LogP contribution in [0.15, 0.2) is 186 Å². The molecule has 272 valence electrons. The smallest absolute Gasteiger partial charge is 0.160 e. The third-order valence-electron chi connectivity index (χ3n) is 12.5. The molecule has 0 unspecified atom stereocenters. The summed E-state index contributed by atoms with van der Waals surface area (Å²) in [5.41, 5.74) is 14.2. The minimum absolute atomic E-state index is 0.123. The average molecular weight is 741 g/mol. The van der Waals surface area contributed by atoms with E-state index in [1.807, 2.05) is 18.2 Å². The largest absolute Gasteiger partial charge is 0.456 e. The molecule has 11 aromatic rings. The van der Waals surface area contributed by atoms with E-state index in [9.17, 15) is 0 Å². The van der Waals surface area contributed by atoms with Gasteiger partial charge in [0.05, 0.1) is 11.4 Å². The topological polar surface area (TPSA) is 38.9 Å². The third-order valence-corrected chi connectivity index (χ3v) is 12.5. The van der Waals surface area contributed by atoms with E-state index in [0.717, 1.165) is 60.8 Å². The molecule has 0 saturated carbocycles. The van der Waals surface area contributed by atoms with Gasteiger partial charge in [-0.05, 0) is 102 Å². The molecule has 0 bridgehead atoms. The first kappa shape index (κ1) is 32.8. The van der Waals surface area contributed by atoms with Crippen LogP contribution in [-0.2, 0) is 5.41 Å². The van der Waals surface area contributed by atoms with Crippen molar-refractivity contribution in [2.75, 3.05) is 0 Å². The van der Waals surface area contributed by atoms with Gasteiger partial charge in [-0.2, -0.15) is 0 Å². The van der Waals surface area contributed by atoms with Gasteiger partial charge in [0.1, 0.15) is 11.2 Å². The molecule has 0 fully saturated rings. The minimum Gasteiger partial charge on any atom is -0.456 e. The zero-order valence-corrected chi connectivity index (χ0v) is 32.1. The van der Waals surface area contributed by atoms with E-state index in [1.165, 1.54) is 54.9 Å². The molecule has 9 aromatic carbocycles. The van der Waals surface area contributed by atoms with E-state index in [2.05, 4.69) is 178 Å². The first-order chi connectivity index (χ1) is 28.5. The Labute approximate surface area is 335 Å². The summed E-state index contributed by atoms with van der Waals surface area (Å²) < 4.78 is 6.51. The van der Waals surface area contributed by atoms with E-state index in [1.54, 1.807) is 0 Å². The monoisotopic (exact) mass is 740 g/mol. The first-order valence-corrected chi connectivity index (χ1v) is 20.0. The number of rotatable bonds is 4. The van der Waals surface area contributed by atoms with Crippen molar-refractivity contribution in [3.63, 3.8) is 0 Å². The summed E-state index contributed by atoms with van der Waals surface area (Å²) in [5, 5.41) is 9.35. The number of fused-ring (bicyclic) bond motifs is 9. The number of aromatic nitrogens is 2. The van der Waals surface area contributed by atoms with Gasteiger partial charge < -0.3 is 4.42 Å². The lowest BCUT2D eigenvalue weighted by atomic mass is 9.81. The Morgan fingerprint density at radius 2 is 1.00 bits per heavy atom. The summed E-state index contributed by atoms with van der Waals surface area (Å²) in [6.45, 7) is 4.73. The van der Waals surface area contributed by atoms with Gasteiger partial charge in [0.15, 0.2) is 5.82 Å². The Kier molecular flexibility index (Phi) is 6.98. The van der Waals surface area contributed by atoms with Gasteiger partial charge in [-0.15, -0.1) is 0 Å². The number of hydrogen-bond donors (Lipinski definition) is 0. The maximum atomic E-state index is 6.51. The van der Waals surface area contributed by atoms with Crippen LogP contribution in [0.3, 0.4) is 0 Å². The van der Waals surface area contributed by atoms with E-state index >= 15 is 0 Å². The van der Waals surface area contributed by atoms with Crippen LogP contribution in [0.1, 0.15) is 25.0 Å². The average Bonchev–Trinajstić information content (AvgIpc) is 3.75. The van der Waals surface area contributed by atoms with Gasteiger partial charge in [-0.1, -0.05) is 159 Å². The summed E-state index contributed by atoms with van der Waals surface area (Å²) in [6, 6.07) is 65.3. The fourth-order valence-electron chi connectivity index (χ4n) is 9.62. The molecular formula is C55H36N2O. The van der Waals surface area contributed by atoms with Crippen molar-refractivity contribution >= 4 is 54.3 Å². The Morgan fingerprint density at radius 3 is 1.78 bits per heavy atom. The number of nitrogens with zero attached hydrogens (tertiary/aromatic N) is 2. The predicted molar refractivity (Wildman–Crippen MR) is 241 cm³/mol. The second-order valence-corrected chi connectivity index (χ2v) is 16.1. The predicted octanol–water partition coefficient (Wildman–Crippen LogP) is 14.8. The summed E-state index contributed by atoms with van der Waals surface area (Å²) in [6.07, 6.45) is 0. The van der Waals surface area contributed by atoms with Crippen molar-refractivity contribution in [2.24, 2.45) is 0 Å². The van der Waals surface area contributed by atoms with Crippen molar-refractivity contribution in [2.45, 2.75) is 19.3 Å². The highest BCUT2D eigenvalue weighted by Crippen LogP contribution is 2.54. The lowest BCUT2D eigenvalue weighted by Crippen LogP contribution is -2.14. The molecule has 3 nitrogen and oxygen atoms in total. The molecule has 1 aliphatic carbocycles. The summed E-state index contributed by atoms with van der Waals surface area (Å²) in [5.74, 6) is 0.684. The Bertz CT molecular complexity index is 3480. The van der Waals surface area contributed by atoms with E-state index < -0.39 is 0 Å². The molecule has 0 aliphatic heterocycles. The molecule has 3 heteroatoms. The van der Waals surface area contributed by atoms with Gasteiger partial charge in [0.2, 0.25) is 0 Å². The Hall–Kier alpha value is -7.36. The molecule has 0 N–H and O–H groups in total. The number of furan rings is 1. The third kappa shape index (κ3) is 4.86. The lowest BCUT2D eigenvalue weighted by Gasteiger charge is -2.22. The van der Waals surface area contributed by atoms with Crippen molar-refractivity contribution < 1.29 is 4.42 Å². The normalized spacial score (nSPS) is 13.1. The lowest BCUT2D eigenvalue weighted by molar-refractivity contribution is 0.661. The molecule has 2 aromatic heterocycles. The van der Waals surface area contributed by atoms with Gasteiger partial charge in [-0.25, -0.2) is 9.97 Å². The molecule has 0 saturated heterocycles.